The fourth-order valence-electron chi connectivity index (χ4n) is 4.78. The second kappa shape index (κ2) is 8.92. The van der Waals surface area contributed by atoms with Crippen molar-refractivity contribution >= 4 is 46.2 Å². The second-order valence-electron chi connectivity index (χ2n) is 9.02. The van der Waals surface area contributed by atoms with Crippen LogP contribution >= 0.6 is 11.6 Å². The van der Waals surface area contributed by atoms with Gasteiger partial charge < -0.3 is 4.90 Å². The van der Waals surface area contributed by atoms with Gasteiger partial charge in [-0.1, -0.05) is 23.7 Å². The van der Waals surface area contributed by atoms with Crippen LogP contribution in [0.25, 0.3) is 0 Å². The van der Waals surface area contributed by atoms with Crippen molar-refractivity contribution in [3.63, 3.8) is 0 Å². The van der Waals surface area contributed by atoms with Crippen molar-refractivity contribution < 1.29 is 19.3 Å². The molecular formula is C26H23ClN4O5. The van der Waals surface area contributed by atoms with Crippen LogP contribution in [0, 0.1) is 23.0 Å². The molecule has 0 N–H and O–H groups in total. The number of non-ortho nitro benzene ring substituents is 1. The number of nitrogens with zero attached hydrogens (tertiary/aromatic N) is 4. The summed E-state index contributed by atoms with van der Waals surface area (Å²) >= 11 is 6.07. The Kier molecular flexibility index (Phi) is 5.89. The maximum Gasteiger partial charge on any atom is 0.269 e. The third kappa shape index (κ3) is 3.86. The molecule has 0 aliphatic carbocycles. The van der Waals surface area contributed by atoms with E-state index in [1.54, 1.807) is 36.3 Å². The van der Waals surface area contributed by atoms with Crippen LogP contribution in [0.1, 0.15) is 17.2 Å². The number of amides is 2. The summed E-state index contributed by atoms with van der Waals surface area (Å²) in [5, 5.41) is 13.3. The lowest BCUT2D eigenvalue weighted by Crippen LogP contribution is -2.37. The Bertz CT molecular complexity index is 1360. The molecule has 0 radical (unpaired) electrons. The third-order valence-electron chi connectivity index (χ3n) is 6.58. The molecule has 2 heterocycles. The third-order valence-corrected chi connectivity index (χ3v) is 6.83. The summed E-state index contributed by atoms with van der Waals surface area (Å²) in [5.74, 6) is -1.73. The fraction of sp³-hybridized carbons (Fsp3) is 0.231. The molecule has 10 heteroatoms. The van der Waals surface area contributed by atoms with Crippen molar-refractivity contribution in [1.29, 1.82) is 0 Å². The number of imide groups is 1. The molecule has 2 fully saturated rings. The summed E-state index contributed by atoms with van der Waals surface area (Å²) in [5.41, 5.74) is 3.12. The van der Waals surface area contributed by atoms with E-state index >= 15 is 0 Å². The standard InChI is InChI=1S/C26H23ClN4O5/c1-15-14-20(31(34)35)12-13-21(15)29-25(32)22-23(16-4-8-18(9-5-16)28(2)3)30(36-24(22)26(29)33)19-10-6-17(27)7-11-19/h4-14,22-24H,1-3H3. The Morgan fingerprint density at radius 2 is 1.64 bits per heavy atom. The van der Waals surface area contributed by atoms with E-state index in [9.17, 15) is 19.7 Å². The molecule has 3 atom stereocenters. The van der Waals surface area contributed by atoms with Crippen molar-refractivity contribution in [1.82, 2.24) is 0 Å². The van der Waals surface area contributed by atoms with Gasteiger partial charge in [0.2, 0.25) is 5.91 Å². The molecule has 2 saturated heterocycles. The van der Waals surface area contributed by atoms with Gasteiger partial charge in [0.1, 0.15) is 5.92 Å². The van der Waals surface area contributed by atoms with E-state index in [1.165, 1.54) is 18.2 Å². The van der Waals surface area contributed by atoms with Crippen molar-refractivity contribution in [2.45, 2.75) is 19.1 Å². The first-order chi connectivity index (χ1) is 17.2. The van der Waals surface area contributed by atoms with Gasteiger partial charge in [-0.25, -0.2) is 9.96 Å². The molecule has 0 aromatic heterocycles. The Morgan fingerprint density at radius 1 is 0.972 bits per heavy atom. The molecule has 3 aromatic rings. The number of halogens is 1. The van der Waals surface area contributed by atoms with Crippen LogP contribution in [0.5, 0.6) is 0 Å². The second-order valence-corrected chi connectivity index (χ2v) is 9.46. The van der Waals surface area contributed by atoms with Crippen LogP contribution in [-0.4, -0.2) is 36.9 Å². The number of nitro benzene ring substituents is 1. The maximum atomic E-state index is 13.8. The number of carbonyl (C=O) groups excluding carboxylic acids is 2. The van der Waals surface area contributed by atoms with Crippen LogP contribution in [-0.2, 0) is 14.4 Å². The highest BCUT2D eigenvalue weighted by Crippen LogP contribution is 2.48. The van der Waals surface area contributed by atoms with Crippen LogP contribution in [0.2, 0.25) is 5.02 Å². The largest absolute Gasteiger partial charge is 0.378 e. The molecule has 9 nitrogen and oxygen atoms in total. The highest BCUT2D eigenvalue weighted by Gasteiger charge is 2.60. The Hall–Kier alpha value is -3.95. The summed E-state index contributed by atoms with van der Waals surface area (Å²) in [6.07, 6.45) is -1.04. The highest BCUT2D eigenvalue weighted by atomic mass is 35.5. The monoisotopic (exact) mass is 506 g/mol. The molecule has 5 rings (SSSR count). The van der Waals surface area contributed by atoms with Gasteiger partial charge in [0.15, 0.2) is 6.10 Å². The van der Waals surface area contributed by atoms with Crippen molar-refractivity contribution in [2.75, 3.05) is 29.0 Å². The predicted octanol–water partition coefficient (Wildman–Crippen LogP) is 4.67. The molecule has 2 aliphatic rings. The van der Waals surface area contributed by atoms with E-state index in [0.29, 0.717) is 22.0 Å². The van der Waals surface area contributed by atoms with Gasteiger partial charge in [0.25, 0.3) is 11.6 Å². The van der Waals surface area contributed by atoms with Gasteiger partial charge in [-0.15, -0.1) is 0 Å². The smallest absolute Gasteiger partial charge is 0.269 e. The first-order valence-corrected chi connectivity index (χ1v) is 11.7. The Labute approximate surface area is 212 Å². The van der Waals surface area contributed by atoms with E-state index in [2.05, 4.69) is 0 Å². The van der Waals surface area contributed by atoms with Crippen LogP contribution in [0.3, 0.4) is 0 Å². The topological polar surface area (TPSA) is 96.2 Å². The number of anilines is 3. The molecular weight excluding hydrogens is 484 g/mol. The van der Waals surface area contributed by atoms with Crippen LogP contribution in [0.4, 0.5) is 22.7 Å². The number of benzene rings is 3. The average Bonchev–Trinajstić information content (AvgIpc) is 3.35. The van der Waals surface area contributed by atoms with Crippen LogP contribution < -0.4 is 14.9 Å². The minimum Gasteiger partial charge on any atom is -0.378 e. The zero-order valence-corrected chi connectivity index (χ0v) is 20.5. The highest BCUT2D eigenvalue weighted by molar-refractivity contribution is 6.30. The molecule has 3 unspecified atom stereocenters. The SMILES string of the molecule is Cc1cc([N+](=O)[O-])ccc1N1C(=O)C2ON(c3ccc(Cl)cc3)C(c3ccc(N(C)C)cc3)C2C1=O. The Balaban J connectivity index is 1.56. The van der Waals surface area contributed by atoms with Gasteiger partial charge in [0, 0.05) is 36.9 Å². The van der Waals surface area contributed by atoms with E-state index in [0.717, 1.165) is 16.2 Å². The lowest BCUT2D eigenvalue weighted by molar-refractivity contribution is -0.384. The van der Waals surface area contributed by atoms with Gasteiger partial charge >= 0.3 is 0 Å². The molecule has 2 amide bonds. The molecule has 0 saturated carbocycles. The summed E-state index contributed by atoms with van der Waals surface area (Å²) in [4.78, 5) is 47.2. The number of hydrogen-bond donors (Lipinski definition) is 0. The van der Waals surface area contributed by atoms with E-state index in [-0.39, 0.29) is 5.69 Å². The number of nitro groups is 1. The molecule has 0 bridgehead atoms. The lowest BCUT2D eigenvalue weighted by atomic mass is 9.90. The summed E-state index contributed by atoms with van der Waals surface area (Å²) in [6.45, 7) is 1.63. The molecule has 3 aromatic carbocycles. The normalized spacial score (nSPS) is 21.2. The van der Waals surface area contributed by atoms with Crippen molar-refractivity contribution in [2.24, 2.45) is 5.92 Å². The Morgan fingerprint density at radius 3 is 2.22 bits per heavy atom. The predicted molar refractivity (Wildman–Crippen MR) is 136 cm³/mol. The van der Waals surface area contributed by atoms with E-state index < -0.39 is 34.8 Å². The van der Waals surface area contributed by atoms with E-state index in [1.807, 2.05) is 43.3 Å². The number of hydroxylamine groups is 1. The van der Waals surface area contributed by atoms with E-state index in [4.69, 9.17) is 16.4 Å². The number of rotatable bonds is 5. The fourth-order valence-corrected chi connectivity index (χ4v) is 4.90. The first kappa shape index (κ1) is 23.8. The van der Waals surface area contributed by atoms with Crippen molar-refractivity contribution in [3.05, 3.63) is 93.0 Å². The maximum absolute atomic E-state index is 13.8. The minimum atomic E-state index is -1.04. The zero-order chi connectivity index (χ0) is 25.7. The number of hydrogen-bond acceptors (Lipinski definition) is 7. The molecule has 2 aliphatic heterocycles. The summed E-state index contributed by atoms with van der Waals surface area (Å²) in [6, 6.07) is 18.2. The average molecular weight is 507 g/mol. The molecule has 36 heavy (non-hydrogen) atoms. The number of carbonyl (C=O) groups is 2. The van der Waals surface area contributed by atoms with Gasteiger partial charge in [-0.3, -0.25) is 24.5 Å². The van der Waals surface area contributed by atoms with Crippen LogP contribution in [0.15, 0.2) is 66.7 Å². The summed E-state index contributed by atoms with van der Waals surface area (Å²) < 4.78 is 0. The quantitative estimate of drug-likeness (QED) is 0.282. The van der Waals surface area contributed by atoms with Gasteiger partial charge in [-0.2, -0.15) is 0 Å². The van der Waals surface area contributed by atoms with Gasteiger partial charge in [0.05, 0.1) is 22.3 Å². The van der Waals surface area contributed by atoms with Crippen molar-refractivity contribution in [3.8, 4) is 0 Å². The minimum absolute atomic E-state index is 0.112. The lowest BCUT2D eigenvalue weighted by Gasteiger charge is -2.29. The zero-order valence-electron chi connectivity index (χ0n) is 19.8. The first-order valence-electron chi connectivity index (χ1n) is 11.3. The van der Waals surface area contributed by atoms with Gasteiger partial charge in [-0.05, 0) is 60.5 Å². The summed E-state index contributed by atoms with van der Waals surface area (Å²) in [7, 11) is 3.88. The number of aryl methyl sites for hydroxylation is 1. The molecule has 0 spiro atoms. The molecule has 184 valence electrons. The number of fused-ring (bicyclic) bond motifs is 1.